The van der Waals surface area contributed by atoms with Crippen LogP contribution in [-0.2, 0) is 0 Å². The Hall–Kier alpha value is -4.22. The van der Waals surface area contributed by atoms with Crippen LogP contribution in [0.3, 0.4) is 0 Å². The molecule has 1 aromatic heterocycles. The van der Waals surface area contributed by atoms with E-state index in [1.807, 2.05) is 24.3 Å². The average Bonchev–Trinajstić information content (AvgIpc) is 3.28. The summed E-state index contributed by atoms with van der Waals surface area (Å²) in [6.45, 7) is 0. The van der Waals surface area contributed by atoms with Crippen molar-refractivity contribution < 1.29 is 0 Å². The summed E-state index contributed by atoms with van der Waals surface area (Å²) >= 11 is 0. The van der Waals surface area contributed by atoms with E-state index >= 15 is 0 Å². The van der Waals surface area contributed by atoms with Gasteiger partial charge in [-0.25, -0.2) is 0 Å². The van der Waals surface area contributed by atoms with Crippen molar-refractivity contribution in [2.45, 2.75) is 12.3 Å². The SMILES string of the molecule is NC(NC(N)c1cccc(-n2c3ccccc3c3ccccc32)c1)c1ccc(-c2ccccc2)cc1. The molecule has 5 N–H and O–H groups in total. The topological polar surface area (TPSA) is 69.0 Å². The Bertz CT molecular complexity index is 1580. The van der Waals surface area contributed by atoms with E-state index in [2.05, 4.69) is 113 Å². The molecule has 0 radical (unpaired) electrons. The summed E-state index contributed by atoms with van der Waals surface area (Å²) in [4.78, 5) is 0. The molecule has 0 saturated heterocycles. The summed E-state index contributed by atoms with van der Waals surface area (Å²) in [5, 5.41) is 5.84. The lowest BCUT2D eigenvalue weighted by atomic mass is 10.0. The number of hydrogen-bond donors (Lipinski definition) is 3. The molecule has 2 unspecified atom stereocenters. The second-order valence-corrected chi connectivity index (χ2v) is 9.07. The third-order valence-corrected chi connectivity index (χ3v) is 6.80. The number of para-hydroxylation sites is 2. The molecule has 0 saturated carbocycles. The minimum atomic E-state index is -0.415. The quantitative estimate of drug-likeness (QED) is 0.240. The molecule has 2 atom stereocenters. The summed E-state index contributed by atoms with van der Waals surface area (Å²) in [7, 11) is 0. The molecule has 6 aromatic rings. The molecule has 6 rings (SSSR count). The third kappa shape index (κ3) is 4.08. The van der Waals surface area contributed by atoms with Crippen molar-refractivity contribution in [1.82, 2.24) is 9.88 Å². The third-order valence-electron chi connectivity index (χ3n) is 6.80. The van der Waals surface area contributed by atoms with Gasteiger partial charge in [0.25, 0.3) is 0 Å². The maximum atomic E-state index is 6.60. The molecule has 0 spiro atoms. The molecule has 0 aliphatic rings. The summed E-state index contributed by atoms with van der Waals surface area (Å²) in [5.74, 6) is 0. The van der Waals surface area contributed by atoms with E-state index in [4.69, 9.17) is 11.5 Å². The second kappa shape index (κ2) is 9.44. The highest BCUT2D eigenvalue weighted by atomic mass is 15.1. The van der Waals surface area contributed by atoms with Gasteiger partial charge in [0, 0.05) is 16.5 Å². The van der Waals surface area contributed by atoms with Gasteiger partial charge in [-0.05, 0) is 46.5 Å². The summed E-state index contributed by atoms with van der Waals surface area (Å²) < 4.78 is 2.29. The van der Waals surface area contributed by atoms with Crippen LogP contribution in [0.4, 0.5) is 0 Å². The highest BCUT2D eigenvalue weighted by molar-refractivity contribution is 6.09. The minimum Gasteiger partial charge on any atom is -0.312 e. The zero-order valence-electron chi connectivity index (χ0n) is 19.9. The summed E-state index contributed by atoms with van der Waals surface area (Å²) in [6.07, 6.45) is -0.802. The highest BCUT2D eigenvalue weighted by Gasteiger charge is 2.15. The van der Waals surface area contributed by atoms with Crippen LogP contribution in [0, 0.1) is 0 Å². The number of aromatic nitrogens is 1. The average molecular weight is 469 g/mol. The Morgan fingerprint density at radius 1 is 0.500 bits per heavy atom. The van der Waals surface area contributed by atoms with Gasteiger partial charge in [-0.3, -0.25) is 5.32 Å². The van der Waals surface area contributed by atoms with Crippen molar-refractivity contribution in [3.8, 4) is 16.8 Å². The van der Waals surface area contributed by atoms with Crippen molar-refractivity contribution in [2.75, 3.05) is 0 Å². The molecule has 0 fully saturated rings. The molecule has 1 heterocycles. The smallest absolute Gasteiger partial charge is 0.0825 e. The zero-order chi connectivity index (χ0) is 24.5. The first-order valence-corrected chi connectivity index (χ1v) is 12.2. The highest BCUT2D eigenvalue weighted by Crippen LogP contribution is 2.32. The van der Waals surface area contributed by atoms with E-state index in [-0.39, 0.29) is 6.17 Å². The van der Waals surface area contributed by atoms with E-state index in [9.17, 15) is 0 Å². The normalized spacial score (nSPS) is 13.2. The fourth-order valence-electron chi connectivity index (χ4n) is 4.96. The van der Waals surface area contributed by atoms with Crippen LogP contribution in [-0.4, -0.2) is 4.57 Å². The Kier molecular flexibility index (Phi) is 5.84. The number of rotatable bonds is 6. The van der Waals surface area contributed by atoms with Crippen LogP contribution in [0.25, 0.3) is 38.6 Å². The van der Waals surface area contributed by atoms with Gasteiger partial charge in [0.1, 0.15) is 0 Å². The molecule has 0 aliphatic heterocycles. The van der Waals surface area contributed by atoms with E-state index in [0.717, 1.165) is 22.4 Å². The van der Waals surface area contributed by atoms with E-state index in [1.165, 1.54) is 27.4 Å². The lowest BCUT2D eigenvalue weighted by Gasteiger charge is -2.21. The van der Waals surface area contributed by atoms with Crippen LogP contribution in [0.1, 0.15) is 23.5 Å². The Morgan fingerprint density at radius 2 is 1.06 bits per heavy atom. The monoisotopic (exact) mass is 468 g/mol. The van der Waals surface area contributed by atoms with Gasteiger partial charge in [-0.2, -0.15) is 0 Å². The molecule has 176 valence electrons. The largest absolute Gasteiger partial charge is 0.312 e. The van der Waals surface area contributed by atoms with Crippen LogP contribution in [0.5, 0.6) is 0 Å². The maximum absolute atomic E-state index is 6.60. The number of nitrogens with one attached hydrogen (secondary N) is 1. The van der Waals surface area contributed by atoms with Crippen LogP contribution >= 0.6 is 0 Å². The lowest BCUT2D eigenvalue weighted by Crippen LogP contribution is -2.36. The number of hydrogen-bond acceptors (Lipinski definition) is 3. The minimum absolute atomic E-state index is 0.387. The van der Waals surface area contributed by atoms with Crippen molar-refractivity contribution in [3.05, 3.63) is 139 Å². The van der Waals surface area contributed by atoms with Gasteiger partial charge in [0.05, 0.1) is 23.4 Å². The van der Waals surface area contributed by atoms with Gasteiger partial charge in [0.15, 0.2) is 0 Å². The first-order valence-electron chi connectivity index (χ1n) is 12.2. The van der Waals surface area contributed by atoms with Crippen molar-refractivity contribution in [2.24, 2.45) is 11.5 Å². The molecule has 4 heteroatoms. The Labute approximate surface area is 210 Å². The van der Waals surface area contributed by atoms with Crippen molar-refractivity contribution in [3.63, 3.8) is 0 Å². The zero-order valence-corrected chi connectivity index (χ0v) is 19.9. The van der Waals surface area contributed by atoms with E-state index in [1.54, 1.807) is 0 Å². The van der Waals surface area contributed by atoms with E-state index in [0.29, 0.717) is 0 Å². The van der Waals surface area contributed by atoms with Crippen LogP contribution < -0.4 is 16.8 Å². The fourth-order valence-corrected chi connectivity index (χ4v) is 4.96. The molecule has 0 aliphatic carbocycles. The van der Waals surface area contributed by atoms with E-state index < -0.39 is 6.17 Å². The van der Waals surface area contributed by atoms with Crippen LogP contribution in [0.2, 0.25) is 0 Å². The van der Waals surface area contributed by atoms with Gasteiger partial charge >= 0.3 is 0 Å². The fraction of sp³-hybridized carbons (Fsp3) is 0.0625. The number of benzene rings is 5. The first-order chi connectivity index (χ1) is 17.7. The molecule has 0 amide bonds. The summed E-state index contributed by atoms with van der Waals surface area (Å²) in [6, 6.07) is 44.0. The van der Waals surface area contributed by atoms with Crippen molar-refractivity contribution in [1.29, 1.82) is 0 Å². The summed E-state index contributed by atoms with van der Waals surface area (Å²) in [5.41, 5.74) is 20.8. The standard InChI is InChI=1S/C32H28N4/c33-31(24-19-17-23(18-20-24)22-9-2-1-3-10-22)35-32(34)25-11-8-12-26(21-25)36-29-15-6-4-13-27(29)28-14-5-7-16-30(28)36/h1-21,31-32,35H,33-34H2. The second-order valence-electron chi connectivity index (χ2n) is 9.07. The maximum Gasteiger partial charge on any atom is 0.0825 e. The predicted molar refractivity (Wildman–Crippen MR) is 150 cm³/mol. The molecular weight excluding hydrogens is 440 g/mol. The number of fused-ring (bicyclic) bond motifs is 3. The van der Waals surface area contributed by atoms with Crippen molar-refractivity contribution >= 4 is 21.8 Å². The van der Waals surface area contributed by atoms with Gasteiger partial charge in [-0.15, -0.1) is 0 Å². The Morgan fingerprint density at radius 3 is 1.72 bits per heavy atom. The van der Waals surface area contributed by atoms with Gasteiger partial charge in [0.2, 0.25) is 0 Å². The van der Waals surface area contributed by atoms with Gasteiger partial charge < -0.3 is 16.0 Å². The molecule has 0 bridgehead atoms. The molecule has 36 heavy (non-hydrogen) atoms. The number of nitrogens with zero attached hydrogens (tertiary/aromatic N) is 1. The van der Waals surface area contributed by atoms with Crippen LogP contribution in [0.15, 0.2) is 127 Å². The lowest BCUT2D eigenvalue weighted by molar-refractivity contribution is 0.464. The first kappa shape index (κ1) is 22.3. The Balaban J connectivity index is 1.27. The predicted octanol–water partition coefficient (Wildman–Crippen LogP) is 6.66. The van der Waals surface area contributed by atoms with Gasteiger partial charge in [-0.1, -0.05) is 103 Å². The number of nitrogens with two attached hydrogens (primary N) is 2. The molecule has 4 nitrogen and oxygen atoms in total. The molecular formula is C32H28N4. The molecule has 5 aromatic carbocycles.